The highest BCUT2D eigenvalue weighted by Gasteiger charge is 2.68. The smallest absolute Gasteiger partial charge is 0.246 e. The van der Waals surface area contributed by atoms with Gasteiger partial charge in [0.05, 0.1) is 6.61 Å². The maximum absolute atomic E-state index is 13.5. The van der Waals surface area contributed by atoms with Crippen LogP contribution in [0, 0.1) is 0 Å². The van der Waals surface area contributed by atoms with E-state index in [0.29, 0.717) is 0 Å². The second kappa shape index (κ2) is 9.98. The van der Waals surface area contributed by atoms with E-state index >= 15 is 0 Å². The van der Waals surface area contributed by atoms with Gasteiger partial charge >= 0.3 is 0 Å². The fraction of sp³-hybridized carbons (Fsp3) is 0.154. The van der Waals surface area contributed by atoms with E-state index < -0.39 is 47.0 Å². The van der Waals surface area contributed by atoms with Crippen LogP contribution in [-0.4, -0.2) is 67.5 Å². The van der Waals surface area contributed by atoms with E-state index in [9.17, 15) is 39.6 Å². The predicted octanol–water partition coefficient (Wildman–Crippen LogP) is 1.02. The van der Waals surface area contributed by atoms with Gasteiger partial charge in [-0.05, 0) is 0 Å². The van der Waals surface area contributed by atoms with Gasteiger partial charge in [-0.25, -0.2) is 0 Å². The van der Waals surface area contributed by atoms with Crippen molar-refractivity contribution in [1.82, 2.24) is 0 Å². The monoisotopic (exact) mass is 462 g/mol. The maximum atomic E-state index is 13.5. The molecule has 3 aromatic carbocycles. The van der Waals surface area contributed by atoms with Crippen LogP contribution >= 0.6 is 0 Å². The van der Waals surface area contributed by atoms with Gasteiger partial charge in [-0.2, -0.15) is 0 Å². The van der Waals surface area contributed by atoms with Gasteiger partial charge in [0.25, 0.3) is 0 Å². The lowest BCUT2D eigenvalue weighted by molar-refractivity contribution is -0.171. The van der Waals surface area contributed by atoms with Crippen molar-refractivity contribution in [2.45, 2.75) is 17.3 Å². The zero-order chi connectivity index (χ0) is 24.9. The number of carbonyl (C=O) groups is 4. The minimum absolute atomic E-state index is 0.222. The summed E-state index contributed by atoms with van der Waals surface area (Å²) in [4.78, 5) is 53.4. The number of ketones is 4. The Morgan fingerprint density at radius 3 is 1.44 bits per heavy atom. The van der Waals surface area contributed by atoms with E-state index in [1.165, 1.54) is 78.9 Å². The molecule has 0 saturated carbocycles. The number of hydrogen-bond donors (Lipinski definition) is 4. The van der Waals surface area contributed by atoms with Gasteiger partial charge in [0.15, 0.2) is 5.60 Å². The molecule has 3 aromatic rings. The van der Waals surface area contributed by atoms with Crippen molar-refractivity contribution in [3.8, 4) is 0 Å². The normalized spacial score (nSPS) is 15.4. The van der Waals surface area contributed by atoms with Gasteiger partial charge < -0.3 is 20.4 Å². The molecule has 34 heavy (non-hydrogen) atoms. The first-order chi connectivity index (χ1) is 16.2. The number of rotatable bonds is 10. The fourth-order valence-electron chi connectivity index (χ4n) is 3.63. The standard InChI is InChI=1S/C26H22O8/c27-16-20(28)25(33,22(30)18-12-6-2-7-13-18)26(34,23(31)19-14-8-3-9-15-19)24(32)21(29)17-10-4-1-5-11-17/h1-15,20,27-28,33-34H,16H2/t20-,25-,26+/m0/s1. The fourth-order valence-corrected chi connectivity index (χ4v) is 3.63. The SMILES string of the molecule is O=C(C(=O)[C@](O)(C(=O)c1ccccc1)[C@@](O)(C(=O)c1ccccc1)[C@@H](O)CO)c1ccccc1. The summed E-state index contributed by atoms with van der Waals surface area (Å²) in [6.07, 6.45) is -2.51. The van der Waals surface area contributed by atoms with Crippen LogP contribution in [0.3, 0.4) is 0 Å². The molecular formula is C26H22O8. The largest absolute Gasteiger partial charge is 0.394 e. The molecule has 3 atom stereocenters. The van der Waals surface area contributed by atoms with Gasteiger partial charge in [0.1, 0.15) is 6.10 Å². The Bertz CT molecular complexity index is 1190. The van der Waals surface area contributed by atoms with Crippen LogP contribution in [0.2, 0.25) is 0 Å². The number of carbonyl (C=O) groups excluding carboxylic acids is 4. The molecule has 8 nitrogen and oxygen atoms in total. The van der Waals surface area contributed by atoms with Crippen molar-refractivity contribution in [1.29, 1.82) is 0 Å². The minimum atomic E-state index is -3.78. The summed E-state index contributed by atoms with van der Waals surface area (Å²) in [5, 5.41) is 43.3. The van der Waals surface area contributed by atoms with E-state index in [1.807, 2.05) is 0 Å². The van der Waals surface area contributed by atoms with Crippen LogP contribution in [-0.2, 0) is 4.79 Å². The molecule has 0 unspecified atom stereocenters. The van der Waals surface area contributed by atoms with E-state index in [4.69, 9.17) is 0 Å². The molecule has 174 valence electrons. The van der Waals surface area contributed by atoms with Crippen molar-refractivity contribution >= 4 is 23.1 Å². The third kappa shape index (κ3) is 4.11. The van der Waals surface area contributed by atoms with Gasteiger partial charge in [0, 0.05) is 16.7 Å². The minimum Gasteiger partial charge on any atom is -0.394 e. The second-order valence-electron chi connectivity index (χ2n) is 7.59. The Morgan fingerprint density at radius 2 is 1.03 bits per heavy atom. The molecule has 0 heterocycles. The summed E-state index contributed by atoms with van der Waals surface area (Å²) in [5.74, 6) is -6.15. The molecule has 8 heteroatoms. The molecule has 0 radical (unpaired) electrons. The molecule has 0 aliphatic rings. The average molecular weight is 462 g/mol. The number of benzene rings is 3. The Balaban J connectivity index is 2.29. The summed E-state index contributed by atoms with van der Waals surface area (Å²) in [7, 11) is 0. The van der Waals surface area contributed by atoms with Crippen LogP contribution in [0.1, 0.15) is 31.1 Å². The van der Waals surface area contributed by atoms with Gasteiger partial charge in [-0.1, -0.05) is 91.0 Å². The first-order valence-electron chi connectivity index (χ1n) is 10.3. The van der Waals surface area contributed by atoms with E-state index in [-0.39, 0.29) is 16.7 Å². The van der Waals surface area contributed by atoms with E-state index in [0.717, 1.165) is 0 Å². The third-order valence-corrected chi connectivity index (χ3v) is 5.52. The molecule has 0 saturated heterocycles. The molecule has 0 aliphatic heterocycles. The van der Waals surface area contributed by atoms with E-state index in [2.05, 4.69) is 0 Å². The Morgan fingerprint density at radius 1 is 0.647 bits per heavy atom. The predicted molar refractivity (Wildman–Crippen MR) is 120 cm³/mol. The number of Topliss-reactive ketones (excluding diaryl/α,β-unsaturated/α-hetero) is 4. The van der Waals surface area contributed by atoms with Crippen LogP contribution in [0.4, 0.5) is 0 Å². The topological polar surface area (TPSA) is 149 Å². The van der Waals surface area contributed by atoms with E-state index in [1.54, 1.807) is 12.1 Å². The summed E-state index contributed by atoms with van der Waals surface area (Å²) >= 11 is 0. The summed E-state index contributed by atoms with van der Waals surface area (Å²) < 4.78 is 0. The van der Waals surface area contributed by atoms with Gasteiger partial charge in [-0.15, -0.1) is 0 Å². The first-order valence-corrected chi connectivity index (χ1v) is 10.3. The lowest BCUT2D eigenvalue weighted by atomic mass is 9.67. The van der Waals surface area contributed by atoms with Crippen LogP contribution in [0.15, 0.2) is 91.0 Å². The Hall–Kier alpha value is -3.82. The van der Waals surface area contributed by atoms with Crippen molar-refractivity contribution in [3.05, 3.63) is 108 Å². The molecule has 0 aliphatic carbocycles. The number of hydrogen-bond acceptors (Lipinski definition) is 8. The van der Waals surface area contributed by atoms with Crippen molar-refractivity contribution in [2.24, 2.45) is 0 Å². The molecular weight excluding hydrogens is 440 g/mol. The van der Waals surface area contributed by atoms with Crippen molar-refractivity contribution in [3.63, 3.8) is 0 Å². The summed E-state index contributed by atoms with van der Waals surface area (Å²) in [6.45, 7) is -1.31. The number of aliphatic hydroxyl groups is 4. The Kier molecular flexibility index (Phi) is 7.29. The average Bonchev–Trinajstić information content (AvgIpc) is 2.91. The first kappa shape index (κ1) is 24.8. The molecule has 0 aromatic heterocycles. The third-order valence-electron chi connectivity index (χ3n) is 5.52. The lowest BCUT2D eigenvalue weighted by Crippen LogP contribution is -2.74. The number of aliphatic hydroxyl groups excluding tert-OH is 2. The lowest BCUT2D eigenvalue weighted by Gasteiger charge is -2.41. The van der Waals surface area contributed by atoms with Crippen molar-refractivity contribution < 1.29 is 39.6 Å². The van der Waals surface area contributed by atoms with Crippen molar-refractivity contribution in [2.75, 3.05) is 6.61 Å². The highest BCUT2D eigenvalue weighted by molar-refractivity contribution is 6.52. The zero-order valence-electron chi connectivity index (χ0n) is 17.9. The van der Waals surface area contributed by atoms with Gasteiger partial charge in [-0.3, -0.25) is 19.2 Å². The molecule has 3 rings (SSSR count). The zero-order valence-corrected chi connectivity index (χ0v) is 17.9. The summed E-state index contributed by atoms with van der Waals surface area (Å²) in [6, 6.07) is 20.5. The van der Waals surface area contributed by atoms with Crippen LogP contribution in [0.25, 0.3) is 0 Å². The molecule has 0 bridgehead atoms. The summed E-state index contributed by atoms with van der Waals surface area (Å²) in [5.41, 5.74) is -8.21. The quantitative estimate of drug-likeness (QED) is 0.198. The molecule has 0 amide bonds. The maximum Gasteiger partial charge on any atom is 0.246 e. The highest BCUT2D eigenvalue weighted by Crippen LogP contribution is 2.35. The second-order valence-corrected chi connectivity index (χ2v) is 7.59. The molecule has 0 fully saturated rings. The van der Waals surface area contributed by atoms with Crippen LogP contribution < -0.4 is 0 Å². The van der Waals surface area contributed by atoms with Gasteiger partial charge in [0.2, 0.25) is 28.7 Å². The molecule has 0 spiro atoms. The Labute approximate surface area is 194 Å². The molecule has 4 N–H and O–H groups in total. The van der Waals surface area contributed by atoms with Crippen LogP contribution in [0.5, 0.6) is 0 Å². The highest BCUT2D eigenvalue weighted by atomic mass is 16.4.